The van der Waals surface area contributed by atoms with Crippen LogP contribution in [-0.2, 0) is 11.8 Å². The number of piperazine rings is 1. The highest BCUT2D eigenvalue weighted by molar-refractivity contribution is 5.77. The molecule has 1 saturated heterocycles. The number of hydrogen-bond donors (Lipinski definition) is 1. The minimum atomic E-state index is -4.48. The van der Waals surface area contributed by atoms with E-state index in [1.165, 1.54) is 4.90 Å². The Labute approximate surface area is 147 Å². The second kappa shape index (κ2) is 7.18. The van der Waals surface area contributed by atoms with Gasteiger partial charge in [-0.3, -0.25) is 9.48 Å². The molecule has 1 amide bonds. The summed E-state index contributed by atoms with van der Waals surface area (Å²) in [7, 11) is 1.79. The van der Waals surface area contributed by atoms with Crippen LogP contribution in [0, 0.1) is 0 Å². The minimum Gasteiger partial charge on any atom is -0.353 e. The molecular formula is C15H18F3N7O. The Morgan fingerprint density at radius 2 is 2.00 bits per heavy atom. The maximum absolute atomic E-state index is 12.3. The summed E-state index contributed by atoms with van der Waals surface area (Å²) in [5.74, 6) is 0.152. The normalized spacial score (nSPS) is 15.2. The van der Waals surface area contributed by atoms with Gasteiger partial charge in [-0.25, -0.2) is 4.98 Å². The van der Waals surface area contributed by atoms with Gasteiger partial charge < -0.3 is 15.1 Å². The molecule has 2 aromatic heterocycles. The summed E-state index contributed by atoms with van der Waals surface area (Å²) in [5.41, 5.74) is 0.743. The Morgan fingerprint density at radius 3 is 2.62 bits per heavy atom. The highest BCUT2D eigenvalue weighted by Crippen LogP contribution is 2.22. The van der Waals surface area contributed by atoms with Crippen LogP contribution in [-0.4, -0.2) is 62.9 Å². The summed E-state index contributed by atoms with van der Waals surface area (Å²) in [4.78, 5) is 23.4. The van der Waals surface area contributed by atoms with Crippen LogP contribution in [0.2, 0.25) is 0 Å². The average molecular weight is 369 g/mol. The molecule has 0 aromatic carbocycles. The number of anilines is 3. The van der Waals surface area contributed by atoms with Gasteiger partial charge in [-0.2, -0.15) is 23.3 Å². The van der Waals surface area contributed by atoms with Crippen molar-refractivity contribution in [3.05, 3.63) is 24.7 Å². The number of halogens is 3. The van der Waals surface area contributed by atoms with E-state index < -0.39 is 18.5 Å². The molecule has 0 bridgehead atoms. The van der Waals surface area contributed by atoms with E-state index in [-0.39, 0.29) is 13.1 Å². The standard InChI is InChI=1S/C15H18F3N7O/c1-23-10-11(9-20-23)21-14-19-3-2-12(22-14)24-4-6-25(7-5-24)13(26)8-15(16,17)18/h2-3,9-10H,4-8H2,1H3,(H,19,21,22). The van der Waals surface area contributed by atoms with Crippen molar-refractivity contribution in [2.45, 2.75) is 12.6 Å². The monoisotopic (exact) mass is 369 g/mol. The highest BCUT2D eigenvalue weighted by Gasteiger charge is 2.34. The van der Waals surface area contributed by atoms with E-state index in [9.17, 15) is 18.0 Å². The molecule has 140 valence electrons. The number of nitrogens with one attached hydrogen (secondary N) is 1. The zero-order valence-electron chi connectivity index (χ0n) is 14.1. The van der Waals surface area contributed by atoms with Gasteiger partial charge in [-0.15, -0.1) is 0 Å². The van der Waals surface area contributed by atoms with E-state index in [1.54, 1.807) is 36.4 Å². The van der Waals surface area contributed by atoms with Gasteiger partial charge in [0.15, 0.2) is 0 Å². The number of rotatable bonds is 4. The molecule has 1 aliphatic rings. The predicted octanol–water partition coefficient (Wildman–Crippen LogP) is 1.55. The maximum Gasteiger partial charge on any atom is 0.397 e. The van der Waals surface area contributed by atoms with Crippen LogP contribution < -0.4 is 10.2 Å². The molecule has 0 saturated carbocycles. The molecule has 3 rings (SSSR count). The number of nitrogens with zero attached hydrogens (tertiary/aromatic N) is 6. The number of aryl methyl sites for hydroxylation is 1. The summed E-state index contributed by atoms with van der Waals surface area (Å²) < 4.78 is 38.7. The Kier molecular flexibility index (Phi) is 4.96. The number of carbonyl (C=O) groups is 1. The molecule has 1 fully saturated rings. The van der Waals surface area contributed by atoms with E-state index in [1.807, 2.05) is 4.90 Å². The van der Waals surface area contributed by atoms with E-state index in [2.05, 4.69) is 20.4 Å². The van der Waals surface area contributed by atoms with Gasteiger partial charge in [-0.1, -0.05) is 0 Å². The van der Waals surface area contributed by atoms with Crippen LogP contribution in [0.25, 0.3) is 0 Å². The molecule has 11 heteroatoms. The molecule has 1 N–H and O–H groups in total. The Hall–Kier alpha value is -2.85. The molecule has 0 radical (unpaired) electrons. The average Bonchev–Trinajstić information content (AvgIpc) is 2.98. The molecule has 0 atom stereocenters. The number of aromatic nitrogens is 4. The van der Waals surface area contributed by atoms with Crippen LogP contribution >= 0.6 is 0 Å². The lowest BCUT2D eigenvalue weighted by Crippen LogP contribution is -2.49. The molecule has 0 aliphatic carbocycles. The lowest BCUT2D eigenvalue weighted by molar-refractivity contribution is -0.161. The second-order valence-corrected chi connectivity index (χ2v) is 5.93. The van der Waals surface area contributed by atoms with E-state index in [4.69, 9.17) is 0 Å². The van der Waals surface area contributed by atoms with Crippen LogP contribution in [0.3, 0.4) is 0 Å². The van der Waals surface area contributed by atoms with Crippen molar-refractivity contribution in [1.82, 2.24) is 24.6 Å². The summed E-state index contributed by atoms with van der Waals surface area (Å²) in [6.07, 6.45) is -0.877. The Morgan fingerprint density at radius 1 is 1.27 bits per heavy atom. The van der Waals surface area contributed by atoms with Gasteiger partial charge in [0.25, 0.3) is 0 Å². The lowest BCUT2D eigenvalue weighted by atomic mass is 10.2. The quantitative estimate of drug-likeness (QED) is 0.881. The number of hydrogen-bond acceptors (Lipinski definition) is 6. The van der Waals surface area contributed by atoms with E-state index >= 15 is 0 Å². The maximum atomic E-state index is 12.3. The summed E-state index contributed by atoms with van der Waals surface area (Å²) in [6.45, 7) is 1.27. The van der Waals surface area contributed by atoms with Gasteiger partial charge in [-0.05, 0) is 6.07 Å². The van der Waals surface area contributed by atoms with Crippen LogP contribution in [0.5, 0.6) is 0 Å². The third kappa shape index (κ3) is 4.61. The fraction of sp³-hybridized carbons (Fsp3) is 0.467. The molecule has 3 heterocycles. The van der Waals surface area contributed by atoms with Crippen molar-refractivity contribution in [3.63, 3.8) is 0 Å². The van der Waals surface area contributed by atoms with Crippen molar-refractivity contribution in [3.8, 4) is 0 Å². The van der Waals surface area contributed by atoms with Crippen LogP contribution in [0.1, 0.15) is 6.42 Å². The zero-order valence-corrected chi connectivity index (χ0v) is 14.1. The first-order chi connectivity index (χ1) is 12.3. The minimum absolute atomic E-state index is 0.226. The molecule has 26 heavy (non-hydrogen) atoms. The van der Waals surface area contributed by atoms with Crippen molar-refractivity contribution < 1.29 is 18.0 Å². The highest BCUT2D eigenvalue weighted by atomic mass is 19.4. The fourth-order valence-electron chi connectivity index (χ4n) is 2.67. The largest absolute Gasteiger partial charge is 0.397 e. The van der Waals surface area contributed by atoms with E-state index in [0.717, 1.165) is 5.69 Å². The third-order valence-corrected chi connectivity index (χ3v) is 3.91. The van der Waals surface area contributed by atoms with Gasteiger partial charge in [0.1, 0.15) is 12.2 Å². The number of carbonyl (C=O) groups excluding carboxylic acids is 1. The molecule has 1 aliphatic heterocycles. The summed E-state index contributed by atoms with van der Waals surface area (Å²) >= 11 is 0. The zero-order chi connectivity index (χ0) is 18.7. The van der Waals surface area contributed by atoms with Crippen LogP contribution in [0.4, 0.5) is 30.6 Å². The molecule has 0 unspecified atom stereocenters. The topological polar surface area (TPSA) is 79.2 Å². The molecule has 8 nitrogen and oxygen atoms in total. The summed E-state index contributed by atoms with van der Waals surface area (Å²) in [6, 6.07) is 1.72. The number of amides is 1. The second-order valence-electron chi connectivity index (χ2n) is 5.93. The SMILES string of the molecule is Cn1cc(Nc2nccc(N3CCN(C(=O)CC(F)(F)F)CC3)n2)cn1. The van der Waals surface area contributed by atoms with Gasteiger partial charge in [0.2, 0.25) is 11.9 Å². The van der Waals surface area contributed by atoms with Crippen molar-refractivity contribution in [2.24, 2.45) is 7.05 Å². The Bertz CT molecular complexity index is 769. The molecular weight excluding hydrogens is 351 g/mol. The predicted molar refractivity (Wildman–Crippen MR) is 88.0 cm³/mol. The van der Waals surface area contributed by atoms with Crippen molar-refractivity contribution in [2.75, 3.05) is 36.4 Å². The van der Waals surface area contributed by atoms with Gasteiger partial charge in [0.05, 0.1) is 11.9 Å². The summed E-state index contributed by atoms with van der Waals surface area (Å²) in [5, 5.41) is 7.08. The van der Waals surface area contributed by atoms with Gasteiger partial charge in [0, 0.05) is 45.6 Å². The van der Waals surface area contributed by atoms with Crippen LogP contribution in [0.15, 0.2) is 24.7 Å². The van der Waals surface area contributed by atoms with E-state index in [0.29, 0.717) is 24.9 Å². The fourth-order valence-corrected chi connectivity index (χ4v) is 2.67. The first kappa shape index (κ1) is 18.0. The smallest absolute Gasteiger partial charge is 0.353 e. The first-order valence-electron chi connectivity index (χ1n) is 7.98. The van der Waals surface area contributed by atoms with Crippen molar-refractivity contribution in [1.29, 1.82) is 0 Å². The lowest BCUT2D eigenvalue weighted by Gasteiger charge is -2.35. The molecule has 0 spiro atoms. The number of alkyl halides is 3. The third-order valence-electron chi connectivity index (χ3n) is 3.91. The van der Waals surface area contributed by atoms with Gasteiger partial charge >= 0.3 is 6.18 Å². The Balaban J connectivity index is 1.59. The van der Waals surface area contributed by atoms with Crippen molar-refractivity contribution >= 4 is 23.4 Å². The first-order valence-corrected chi connectivity index (χ1v) is 7.98. The molecule has 2 aromatic rings.